The molecule has 1 rings (SSSR count). The molecule has 116 valence electrons. The maximum Gasteiger partial charge on any atom is 0.317 e. The first-order valence-electron chi connectivity index (χ1n) is 7.33. The van der Waals surface area contributed by atoms with Crippen molar-refractivity contribution in [1.82, 2.24) is 15.1 Å². The molecule has 1 fully saturated rings. The molecule has 20 heavy (non-hydrogen) atoms. The molecule has 1 heterocycles. The zero-order valence-electron chi connectivity index (χ0n) is 12.8. The van der Waals surface area contributed by atoms with Crippen molar-refractivity contribution in [3.63, 3.8) is 0 Å². The quantitative estimate of drug-likeness (QED) is 0.773. The zero-order valence-corrected chi connectivity index (χ0v) is 12.8. The lowest BCUT2D eigenvalue weighted by atomic mass is 10.1. The summed E-state index contributed by atoms with van der Waals surface area (Å²) in [5.41, 5.74) is 0. The van der Waals surface area contributed by atoms with Gasteiger partial charge in [0.2, 0.25) is 0 Å². The predicted octanol–water partition coefficient (Wildman–Crippen LogP) is 1.37. The molecule has 0 aromatic heterocycles. The predicted molar refractivity (Wildman–Crippen MR) is 77.8 cm³/mol. The average molecular weight is 285 g/mol. The lowest BCUT2D eigenvalue weighted by molar-refractivity contribution is -0.137. The number of amides is 2. The minimum atomic E-state index is -0.784. The number of carboxylic acids is 1. The molecule has 0 aliphatic carbocycles. The summed E-state index contributed by atoms with van der Waals surface area (Å²) in [6.45, 7) is 3.49. The van der Waals surface area contributed by atoms with Crippen molar-refractivity contribution in [3.05, 3.63) is 0 Å². The Hall–Kier alpha value is -1.30. The normalized spacial score (nSPS) is 20.8. The van der Waals surface area contributed by atoms with E-state index in [0.29, 0.717) is 18.9 Å². The monoisotopic (exact) mass is 285 g/mol. The number of nitrogens with zero attached hydrogens (tertiary/aromatic N) is 2. The van der Waals surface area contributed by atoms with Crippen LogP contribution in [0.1, 0.15) is 39.0 Å². The molecule has 6 nitrogen and oxygen atoms in total. The first-order chi connectivity index (χ1) is 9.40. The Labute approximate surface area is 121 Å². The molecule has 6 heteroatoms. The van der Waals surface area contributed by atoms with Crippen LogP contribution >= 0.6 is 0 Å². The zero-order chi connectivity index (χ0) is 15.1. The van der Waals surface area contributed by atoms with Crippen molar-refractivity contribution in [1.29, 1.82) is 0 Å². The Morgan fingerprint density at radius 1 is 1.45 bits per heavy atom. The lowest BCUT2D eigenvalue weighted by Gasteiger charge is -2.36. The van der Waals surface area contributed by atoms with Crippen molar-refractivity contribution in [3.8, 4) is 0 Å². The fourth-order valence-electron chi connectivity index (χ4n) is 2.49. The van der Waals surface area contributed by atoms with Gasteiger partial charge in [0.1, 0.15) is 0 Å². The topological polar surface area (TPSA) is 72.9 Å². The Balaban J connectivity index is 2.32. The largest absolute Gasteiger partial charge is 0.481 e. The van der Waals surface area contributed by atoms with Crippen LogP contribution in [0, 0.1) is 0 Å². The first kappa shape index (κ1) is 16.8. The fourth-order valence-corrected chi connectivity index (χ4v) is 2.49. The molecule has 2 unspecified atom stereocenters. The van der Waals surface area contributed by atoms with Gasteiger partial charge >= 0.3 is 12.0 Å². The molecule has 0 aromatic carbocycles. The Bertz CT molecular complexity index is 334. The van der Waals surface area contributed by atoms with E-state index in [0.717, 1.165) is 25.9 Å². The van der Waals surface area contributed by atoms with E-state index < -0.39 is 5.97 Å². The number of hydrogen-bond acceptors (Lipinski definition) is 3. The highest BCUT2D eigenvalue weighted by Crippen LogP contribution is 2.14. The molecule has 2 atom stereocenters. The number of hydrogen-bond donors (Lipinski definition) is 2. The molecule has 0 aromatic rings. The Kier molecular flexibility index (Phi) is 6.78. The van der Waals surface area contributed by atoms with Gasteiger partial charge in [0.05, 0.1) is 0 Å². The summed E-state index contributed by atoms with van der Waals surface area (Å²) < 4.78 is 0. The van der Waals surface area contributed by atoms with E-state index >= 15 is 0 Å². The standard InChI is InChI=1S/C14H27N3O3/c1-11(6-4-8-13(18)19)15-14(20)17-9-5-7-12(10-17)16(2)3/h11-12H,4-10H2,1-3H3,(H,15,20)(H,18,19). The molecule has 0 spiro atoms. The van der Waals surface area contributed by atoms with Crippen LogP contribution < -0.4 is 5.32 Å². The van der Waals surface area contributed by atoms with Crippen LogP contribution in [0.5, 0.6) is 0 Å². The van der Waals surface area contributed by atoms with E-state index in [2.05, 4.69) is 10.2 Å². The summed E-state index contributed by atoms with van der Waals surface area (Å²) in [4.78, 5) is 26.6. The van der Waals surface area contributed by atoms with Crippen LogP contribution in [0.15, 0.2) is 0 Å². The van der Waals surface area contributed by atoms with Crippen molar-refractivity contribution >= 4 is 12.0 Å². The number of carboxylic acid groups (broad SMARTS) is 1. The van der Waals surface area contributed by atoms with Crippen LogP contribution in [0.4, 0.5) is 4.79 Å². The summed E-state index contributed by atoms with van der Waals surface area (Å²) in [5, 5.41) is 11.6. The summed E-state index contributed by atoms with van der Waals surface area (Å²) >= 11 is 0. The smallest absolute Gasteiger partial charge is 0.317 e. The summed E-state index contributed by atoms with van der Waals surface area (Å²) in [6.07, 6.45) is 3.61. The first-order valence-corrected chi connectivity index (χ1v) is 7.33. The molecular weight excluding hydrogens is 258 g/mol. The third-order valence-electron chi connectivity index (χ3n) is 3.81. The number of urea groups is 1. The summed E-state index contributed by atoms with van der Waals surface area (Å²) in [7, 11) is 4.08. The molecule has 2 N–H and O–H groups in total. The van der Waals surface area contributed by atoms with Crippen LogP contribution in [-0.2, 0) is 4.79 Å². The molecule has 2 amide bonds. The molecule has 1 aliphatic heterocycles. The van der Waals surface area contributed by atoms with Gasteiger partial charge in [-0.1, -0.05) is 0 Å². The number of carbonyl (C=O) groups excluding carboxylic acids is 1. The number of carbonyl (C=O) groups is 2. The van der Waals surface area contributed by atoms with Crippen LogP contribution in [0.3, 0.4) is 0 Å². The number of nitrogens with one attached hydrogen (secondary N) is 1. The summed E-state index contributed by atoms with van der Waals surface area (Å²) in [5.74, 6) is -0.784. The van der Waals surface area contributed by atoms with Crippen LogP contribution in [-0.4, -0.2) is 66.2 Å². The maximum absolute atomic E-state index is 12.2. The van der Waals surface area contributed by atoms with Gasteiger partial charge in [-0.15, -0.1) is 0 Å². The number of likely N-dealkylation sites (tertiary alicyclic amines) is 1. The molecule has 1 saturated heterocycles. The molecule has 1 aliphatic rings. The van der Waals surface area contributed by atoms with Crippen molar-refractivity contribution in [2.24, 2.45) is 0 Å². The molecule has 0 saturated carbocycles. The maximum atomic E-state index is 12.2. The number of aliphatic carboxylic acids is 1. The molecule has 0 radical (unpaired) electrons. The fraction of sp³-hybridized carbons (Fsp3) is 0.857. The SMILES string of the molecule is CC(CCCC(=O)O)NC(=O)N1CCCC(N(C)C)C1. The Morgan fingerprint density at radius 3 is 2.75 bits per heavy atom. The molecule has 0 bridgehead atoms. The minimum absolute atomic E-state index is 0.0154. The Morgan fingerprint density at radius 2 is 2.15 bits per heavy atom. The van der Waals surface area contributed by atoms with E-state index in [1.165, 1.54) is 0 Å². The van der Waals surface area contributed by atoms with Crippen molar-refractivity contribution in [2.45, 2.75) is 51.1 Å². The van der Waals surface area contributed by atoms with Gasteiger partial charge in [0.15, 0.2) is 0 Å². The van der Waals surface area contributed by atoms with Gasteiger partial charge in [-0.05, 0) is 46.7 Å². The lowest BCUT2D eigenvalue weighted by Crippen LogP contribution is -2.52. The number of piperidine rings is 1. The summed E-state index contributed by atoms with van der Waals surface area (Å²) in [6, 6.07) is 0.415. The second-order valence-corrected chi connectivity index (χ2v) is 5.84. The number of likely N-dealkylation sites (N-methyl/N-ethyl adjacent to an activating group) is 1. The van der Waals surface area contributed by atoms with Gasteiger partial charge in [-0.2, -0.15) is 0 Å². The van der Waals surface area contributed by atoms with E-state index in [-0.39, 0.29) is 18.5 Å². The third kappa shape index (κ3) is 5.77. The molecular formula is C14H27N3O3. The van der Waals surface area contributed by atoms with Gasteiger partial charge in [-0.3, -0.25) is 4.79 Å². The van der Waals surface area contributed by atoms with E-state index in [1.54, 1.807) is 0 Å². The van der Waals surface area contributed by atoms with Crippen LogP contribution in [0.2, 0.25) is 0 Å². The highest BCUT2D eigenvalue weighted by atomic mass is 16.4. The van der Waals surface area contributed by atoms with Gasteiger partial charge < -0.3 is 20.2 Å². The minimum Gasteiger partial charge on any atom is -0.481 e. The third-order valence-corrected chi connectivity index (χ3v) is 3.81. The van der Waals surface area contributed by atoms with Gasteiger partial charge in [0.25, 0.3) is 0 Å². The number of rotatable bonds is 6. The highest BCUT2D eigenvalue weighted by Gasteiger charge is 2.25. The van der Waals surface area contributed by atoms with E-state index in [9.17, 15) is 9.59 Å². The van der Waals surface area contributed by atoms with Gasteiger partial charge in [-0.25, -0.2) is 4.79 Å². The van der Waals surface area contributed by atoms with E-state index in [4.69, 9.17) is 5.11 Å². The highest BCUT2D eigenvalue weighted by molar-refractivity contribution is 5.74. The van der Waals surface area contributed by atoms with Crippen molar-refractivity contribution < 1.29 is 14.7 Å². The van der Waals surface area contributed by atoms with Gasteiger partial charge in [0, 0.05) is 31.6 Å². The second kappa shape index (κ2) is 8.09. The van der Waals surface area contributed by atoms with E-state index in [1.807, 2.05) is 25.9 Å². The average Bonchev–Trinajstić information content (AvgIpc) is 2.38. The van der Waals surface area contributed by atoms with Crippen LogP contribution in [0.25, 0.3) is 0 Å². The second-order valence-electron chi connectivity index (χ2n) is 5.84. The van der Waals surface area contributed by atoms with Crippen molar-refractivity contribution in [2.75, 3.05) is 27.2 Å².